The molecule has 2 aliphatic rings. The molecule has 0 radical (unpaired) electrons. The molecule has 0 amide bonds. The van der Waals surface area contributed by atoms with Gasteiger partial charge in [0.05, 0.1) is 19.3 Å². The first kappa shape index (κ1) is 14.6. The van der Waals surface area contributed by atoms with Crippen LogP contribution in [0.1, 0.15) is 32.1 Å². The number of hydrogen-bond acceptors (Lipinski definition) is 2. The zero-order valence-electron chi connectivity index (χ0n) is 12.6. The molecule has 1 aromatic rings. The molecular weight excluding hydrogens is 280 g/mol. The Morgan fingerprint density at radius 2 is 1.86 bits per heavy atom. The monoisotopic (exact) mass is 305 g/mol. The maximum atomic E-state index is 5.60. The van der Waals surface area contributed by atoms with Crippen molar-refractivity contribution in [3.8, 4) is 0 Å². The topological polar surface area (TPSA) is 32.6 Å². The lowest BCUT2D eigenvalue weighted by molar-refractivity contribution is -0.364. The summed E-state index contributed by atoms with van der Waals surface area (Å²) in [4.78, 5) is 8.02. The number of nitrogens with zero attached hydrogens (tertiary/aromatic N) is 2. The Morgan fingerprint density at radius 3 is 2.52 bits per heavy atom. The van der Waals surface area contributed by atoms with E-state index in [1.165, 1.54) is 37.9 Å². The van der Waals surface area contributed by atoms with Crippen molar-refractivity contribution in [2.45, 2.75) is 38.1 Å². The van der Waals surface area contributed by atoms with Crippen LogP contribution in [-0.2, 0) is 0 Å². The number of hydrogen-bond donors (Lipinski definition) is 1. The molecule has 2 fully saturated rings. The SMILES string of the molecule is S=C(NC1CCCCC1)N1CCN(c2cccc[nH+]2)CC1. The highest BCUT2D eigenvalue weighted by atomic mass is 32.1. The fourth-order valence-corrected chi connectivity index (χ4v) is 3.59. The van der Waals surface area contributed by atoms with Gasteiger partial charge in [-0.25, -0.2) is 4.98 Å². The van der Waals surface area contributed by atoms with Crippen LogP contribution in [0, 0.1) is 0 Å². The van der Waals surface area contributed by atoms with Crippen molar-refractivity contribution in [3.05, 3.63) is 24.4 Å². The van der Waals surface area contributed by atoms with Crippen molar-refractivity contribution < 1.29 is 4.98 Å². The highest BCUT2D eigenvalue weighted by Gasteiger charge is 2.25. The van der Waals surface area contributed by atoms with Gasteiger partial charge in [-0.3, -0.25) is 4.90 Å². The molecule has 5 heteroatoms. The summed E-state index contributed by atoms with van der Waals surface area (Å²) in [6.45, 7) is 4.04. The number of nitrogens with one attached hydrogen (secondary N) is 2. The van der Waals surface area contributed by atoms with Gasteiger partial charge in [0.1, 0.15) is 13.1 Å². The molecule has 4 nitrogen and oxygen atoms in total. The lowest BCUT2D eigenvalue weighted by Crippen LogP contribution is -2.54. The van der Waals surface area contributed by atoms with E-state index in [9.17, 15) is 0 Å². The average molecular weight is 305 g/mol. The summed E-state index contributed by atoms with van der Waals surface area (Å²) in [7, 11) is 0. The maximum Gasteiger partial charge on any atom is 0.274 e. The number of anilines is 1. The fraction of sp³-hybridized carbons (Fsp3) is 0.625. The molecule has 21 heavy (non-hydrogen) atoms. The van der Waals surface area contributed by atoms with Crippen LogP contribution in [0.4, 0.5) is 5.82 Å². The third-order valence-electron chi connectivity index (χ3n) is 4.53. The van der Waals surface area contributed by atoms with Gasteiger partial charge in [0.2, 0.25) is 0 Å². The van der Waals surface area contributed by atoms with Crippen LogP contribution in [0.25, 0.3) is 0 Å². The van der Waals surface area contributed by atoms with Crippen molar-refractivity contribution in [1.29, 1.82) is 0 Å². The number of aromatic amines is 1. The van der Waals surface area contributed by atoms with E-state index in [0.717, 1.165) is 31.3 Å². The summed E-state index contributed by atoms with van der Waals surface area (Å²) in [5, 5.41) is 4.53. The van der Waals surface area contributed by atoms with Crippen molar-refractivity contribution in [3.63, 3.8) is 0 Å². The Morgan fingerprint density at radius 1 is 1.10 bits per heavy atom. The molecule has 1 aromatic heterocycles. The number of rotatable bonds is 2. The summed E-state index contributed by atoms with van der Waals surface area (Å²) in [6, 6.07) is 6.83. The molecule has 0 atom stereocenters. The Balaban J connectivity index is 1.47. The Hall–Kier alpha value is -1.36. The average Bonchev–Trinajstić information content (AvgIpc) is 2.57. The molecule has 1 aliphatic carbocycles. The largest absolute Gasteiger partial charge is 0.360 e. The summed E-state index contributed by atoms with van der Waals surface area (Å²) >= 11 is 5.60. The van der Waals surface area contributed by atoms with Crippen molar-refractivity contribution in [2.75, 3.05) is 31.1 Å². The molecule has 0 spiro atoms. The fourth-order valence-electron chi connectivity index (χ4n) is 3.24. The van der Waals surface area contributed by atoms with Gasteiger partial charge in [0, 0.05) is 12.1 Å². The van der Waals surface area contributed by atoms with Gasteiger partial charge in [-0.2, -0.15) is 0 Å². The molecule has 1 saturated carbocycles. The predicted octanol–water partition coefficient (Wildman–Crippen LogP) is 1.83. The van der Waals surface area contributed by atoms with E-state index in [-0.39, 0.29) is 0 Å². The van der Waals surface area contributed by atoms with E-state index >= 15 is 0 Å². The number of pyridine rings is 1. The zero-order valence-corrected chi connectivity index (χ0v) is 13.4. The highest BCUT2D eigenvalue weighted by molar-refractivity contribution is 7.80. The van der Waals surface area contributed by atoms with E-state index in [1.807, 2.05) is 12.3 Å². The second-order valence-corrected chi connectivity index (χ2v) is 6.39. The zero-order chi connectivity index (χ0) is 14.5. The van der Waals surface area contributed by atoms with Crippen molar-refractivity contribution >= 4 is 23.1 Å². The summed E-state index contributed by atoms with van der Waals surface area (Å²) in [6.07, 6.45) is 8.61. The molecule has 0 aromatic carbocycles. The van der Waals surface area contributed by atoms with Crippen LogP contribution in [-0.4, -0.2) is 42.2 Å². The number of aromatic nitrogens is 1. The molecule has 0 bridgehead atoms. The molecular formula is C16H25N4S+. The van der Waals surface area contributed by atoms with Gasteiger partial charge in [0.15, 0.2) is 5.11 Å². The predicted molar refractivity (Wildman–Crippen MR) is 89.4 cm³/mol. The van der Waals surface area contributed by atoms with Gasteiger partial charge < -0.3 is 10.2 Å². The van der Waals surface area contributed by atoms with E-state index in [4.69, 9.17) is 12.2 Å². The van der Waals surface area contributed by atoms with Gasteiger partial charge in [-0.1, -0.05) is 25.3 Å². The second-order valence-electron chi connectivity index (χ2n) is 6.01. The molecule has 1 aliphatic heterocycles. The van der Waals surface area contributed by atoms with Gasteiger partial charge >= 0.3 is 0 Å². The van der Waals surface area contributed by atoms with Gasteiger partial charge in [-0.15, -0.1) is 0 Å². The lowest BCUT2D eigenvalue weighted by atomic mass is 9.96. The molecule has 3 rings (SSSR count). The third-order valence-corrected chi connectivity index (χ3v) is 4.91. The van der Waals surface area contributed by atoms with Crippen LogP contribution in [0.3, 0.4) is 0 Å². The van der Waals surface area contributed by atoms with Crippen LogP contribution in [0.5, 0.6) is 0 Å². The second kappa shape index (κ2) is 7.07. The van der Waals surface area contributed by atoms with Gasteiger partial charge in [-0.05, 0) is 31.1 Å². The smallest absolute Gasteiger partial charge is 0.274 e. The van der Waals surface area contributed by atoms with Crippen LogP contribution < -0.4 is 15.2 Å². The Bertz CT molecular complexity index is 451. The standard InChI is InChI=1S/C16H24N4S/c21-16(18-14-6-2-1-3-7-14)20-12-10-19(11-13-20)15-8-4-5-9-17-15/h4-5,8-9,14H,1-3,6-7,10-13H2,(H,18,21)/p+1. The highest BCUT2D eigenvalue weighted by Crippen LogP contribution is 2.18. The molecule has 2 N–H and O–H groups in total. The lowest BCUT2D eigenvalue weighted by Gasteiger charge is -2.35. The van der Waals surface area contributed by atoms with E-state index in [2.05, 4.69) is 32.2 Å². The third kappa shape index (κ3) is 3.84. The summed E-state index contributed by atoms with van der Waals surface area (Å²) in [5.41, 5.74) is 0. The van der Waals surface area contributed by atoms with Crippen LogP contribution in [0.15, 0.2) is 24.4 Å². The first-order chi connectivity index (χ1) is 10.3. The summed E-state index contributed by atoms with van der Waals surface area (Å²) in [5.74, 6) is 1.20. The molecule has 2 heterocycles. The van der Waals surface area contributed by atoms with Crippen LogP contribution in [0.2, 0.25) is 0 Å². The minimum Gasteiger partial charge on any atom is -0.360 e. The Labute approximate surface area is 132 Å². The summed E-state index contributed by atoms with van der Waals surface area (Å²) < 4.78 is 0. The normalized spacial score (nSPS) is 20.4. The van der Waals surface area contributed by atoms with E-state index < -0.39 is 0 Å². The van der Waals surface area contributed by atoms with Crippen molar-refractivity contribution in [2.24, 2.45) is 0 Å². The maximum absolute atomic E-state index is 5.60. The number of thiocarbonyl (C=S) groups is 1. The first-order valence-corrected chi connectivity index (χ1v) is 8.51. The van der Waals surface area contributed by atoms with Crippen molar-refractivity contribution in [1.82, 2.24) is 10.2 Å². The Kier molecular flexibility index (Phi) is 4.91. The first-order valence-electron chi connectivity index (χ1n) is 8.10. The van der Waals surface area contributed by atoms with Gasteiger partial charge in [0.25, 0.3) is 5.82 Å². The minimum absolute atomic E-state index is 0.603. The molecule has 114 valence electrons. The number of H-pyrrole nitrogens is 1. The van der Waals surface area contributed by atoms with Crippen LogP contribution >= 0.6 is 12.2 Å². The molecule has 0 unspecified atom stereocenters. The van der Waals surface area contributed by atoms with E-state index in [1.54, 1.807) is 0 Å². The van der Waals surface area contributed by atoms with E-state index in [0.29, 0.717) is 6.04 Å². The molecule has 1 saturated heterocycles. The minimum atomic E-state index is 0.603. The quantitative estimate of drug-likeness (QED) is 0.845. The number of piperazine rings is 1.